The number of Topliss-reactive ketones (excluding diaryl/α,β-unsaturated/α-hetero) is 1. The van der Waals surface area contributed by atoms with Crippen molar-refractivity contribution in [1.82, 2.24) is 9.80 Å². The number of carbonyl (C=O) groups excluding carboxylic acids is 1. The summed E-state index contributed by atoms with van der Waals surface area (Å²) in [6.45, 7) is 11.0. The fourth-order valence-corrected chi connectivity index (χ4v) is 2.52. The van der Waals surface area contributed by atoms with Crippen molar-refractivity contribution in [2.24, 2.45) is 0 Å². The Balaban J connectivity index is 1.86. The highest BCUT2D eigenvalue weighted by Gasteiger charge is 2.26. The summed E-state index contributed by atoms with van der Waals surface area (Å²) in [5.41, 5.74) is 0.869. The molecule has 0 aromatic heterocycles. The van der Waals surface area contributed by atoms with Gasteiger partial charge in [0, 0.05) is 37.3 Å². The molecule has 1 aromatic carbocycles. The Morgan fingerprint density at radius 2 is 1.65 bits per heavy atom. The summed E-state index contributed by atoms with van der Waals surface area (Å²) in [6, 6.07) is 6.49. The van der Waals surface area contributed by atoms with Gasteiger partial charge in [-0.1, -0.05) is 0 Å². The zero-order chi connectivity index (χ0) is 14.8. The van der Waals surface area contributed by atoms with Crippen LogP contribution in [0.3, 0.4) is 0 Å². The average molecular weight is 276 g/mol. The summed E-state index contributed by atoms with van der Waals surface area (Å²) in [7, 11) is 0. The topological polar surface area (TPSA) is 43.8 Å². The van der Waals surface area contributed by atoms with Gasteiger partial charge in [0.05, 0.1) is 6.54 Å². The van der Waals surface area contributed by atoms with Crippen LogP contribution in [0.25, 0.3) is 0 Å². The van der Waals surface area contributed by atoms with E-state index in [1.807, 2.05) is 0 Å². The molecule has 1 aromatic rings. The monoisotopic (exact) mass is 276 g/mol. The van der Waals surface area contributed by atoms with Crippen LogP contribution in [0, 0.1) is 0 Å². The molecule has 2 rings (SSSR count). The number of hydrogen-bond acceptors (Lipinski definition) is 4. The molecule has 1 aliphatic rings. The Bertz CT molecular complexity index is 454. The summed E-state index contributed by atoms with van der Waals surface area (Å²) >= 11 is 0. The lowest BCUT2D eigenvalue weighted by Crippen LogP contribution is -2.54. The van der Waals surface area contributed by atoms with Crippen LogP contribution in [0.15, 0.2) is 24.3 Å². The van der Waals surface area contributed by atoms with Crippen molar-refractivity contribution >= 4 is 5.78 Å². The van der Waals surface area contributed by atoms with Crippen molar-refractivity contribution in [3.8, 4) is 5.75 Å². The van der Waals surface area contributed by atoms with Crippen LogP contribution in [0.2, 0.25) is 0 Å². The minimum Gasteiger partial charge on any atom is -0.508 e. The van der Waals surface area contributed by atoms with Gasteiger partial charge in [0.1, 0.15) is 5.75 Å². The third-order valence-corrected chi connectivity index (χ3v) is 3.88. The lowest BCUT2D eigenvalue weighted by Gasteiger charge is -2.42. The molecule has 0 unspecified atom stereocenters. The number of nitrogens with zero attached hydrogens (tertiary/aromatic N) is 2. The standard InChI is InChI=1S/C16H24N2O2/c1-16(2,3)18-10-8-17(9-11-18)12-15(20)13-4-6-14(19)7-5-13/h4-7,19H,8-12H2,1-3H3. The van der Waals surface area contributed by atoms with Crippen LogP contribution < -0.4 is 0 Å². The fraction of sp³-hybridized carbons (Fsp3) is 0.562. The van der Waals surface area contributed by atoms with E-state index >= 15 is 0 Å². The highest BCUT2D eigenvalue weighted by Crippen LogP contribution is 2.16. The van der Waals surface area contributed by atoms with Crippen LogP contribution in [-0.2, 0) is 0 Å². The van der Waals surface area contributed by atoms with E-state index in [2.05, 4.69) is 30.6 Å². The largest absolute Gasteiger partial charge is 0.508 e. The van der Waals surface area contributed by atoms with Crippen molar-refractivity contribution < 1.29 is 9.90 Å². The molecular formula is C16H24N2O2. The summed E-state index contributed by atoms with van der Waals surface area (Å²) < 4.78 is 0. The number of aromatic hydroxyl groups is 1. The number of phenolic OH excluding ortho intramolecular Hbond substituents is 1. The smallest absolute Gasteiger partial charge is 0.176 e. The number of ketones is 1. The Kier molecular flexibility index (Phi) is 4.45. The highest BCUT2D eigenvalue weighted by atomic mass is 16.3. The number of carbonyl (C=O) groups is 1. The molecule has 0 atom stereocenters. The molecule has 1 aliphatic heterocycles. The summed E-state index contributed by atoms with van der Waals surface area (Å²) in [4.78, 5) is 16.8. The van der Waals surface area contributed by atoms with Gasteiger partial charge in [-0.2, -0.15) is 0 Å². The first kappa shape index (κ1) is 15.0. The van der Waals surface area contributed by atoms with Crippen LogP contribution >= 0.6 is 0 Å². The van der Waals surface area contributed by atoms with Crippen LogP contribution in [0.1, 0.15) is 31.1 Å². The third-order valence-electron chi connectivity index (χ3n) is 3.88. The molecule has 0 spiro atoms. The highest BCUT2D eigenvalue weighted by molar-refractivity contribution is 5.97. The molecule has 1 saturated heterocycles. The maximum Gasteiger partial charge on any atom is 0.176 e. The second kappa shape index (κ2) is 5.94. The number of hydrogen-bond donors (Lipinski definition) is 1. The average Bonchev–Trinajstić information content (AvgIpc) is 2.39. The van der Waals surface area contributed by atoms with Gasteiger partial charge in [-0.15, -0.1) is 0 Å². The molecule has 0 aliphatic carbocycles. The lowest BCUT2D eigenvalue weighted by molar-refractivity contribution is 0.0579. The molecule has 1 heterocycles. The number of rotatable bonds is 3. The van der Waals surface area contributed by atoms with Gasteiger partial charge in [0.25, 0.3) is 0 Å². The minimum atomic E-state index is 0.120. The molecule has 0 radical (unpaired) electrons. The Hall–Kier alpha value is -1.39. The Morgan fingerprint density at radius 3 is 2.15 bits per heavy atom. The van der Waals surface area contributed by atoms with Gasteiger partial charge in [0.2, 0.25) is 0 Å². The first-order valence-corrected chi connectivity index (χ1v) is 7.16. The van der Waals surface area contributed by atoms with E-state index in [0.29, 0.717) is 12.1 Å². The first-order chi connectivity index (χ1) is 9.36. The number of benzene rings is 1. The van der Waals surface area contributed by atoms with Gasteiger partial charge in [-0.3, -0.25) is 14.6 Å². The molecule has 4 nitrogen and oxygen atoms in total. The van der Waals surface area contributed by atoms with Crippen LogP contribution in [0.5, 0.6) is 5.75 Å². The van der Waals surface area contributed by atoms with Crippen molar-refractivity contribution in [3.63, 3.8) is 0 Å². The second-order valence-electron chi connectivity index (χ2n) is 6.40. The van der Waals surface area contributed by atoms with E-state index in [-0.39, 0.29) is 17.1 Å². The molecule has 20 heavy (non-hydrogen) atoms. The maximum absolute atomic E-state index is 12.2. The van der Waals surface area contributed by atoms with E-state index in [1.54, 1.807) is 24.3 Å². The molecular weight excluding hydrogens is 252 g/mol. The maximum atomic E-state index is 12.2. The lowest BCUT2D eigenvalue weighted by atomic mass is 10.0. The predicted octanol–water partition coefficient (Wildman–Crippen LogP) is 1.99. The summed E-state index contributed by atoms with van der Waals surface area (Å²) in [6.07, 6.45) is 0. The first-order valence-electron chi connectivity index (χ1n) is 7.16. The fourth-order valence-electron chi connectivity index (χ4n) is 2.52. The second-order valence-corrected chi connectivity index (χ2v) is 6.40. The molecule has 1 fully saturated rings. The predicted molar refractivity (Wildman–Crippen MR) is 80.2 cm³/mol. The van der Waals surface area contributed by atoms with E-state index in [0.717, 1.165) is 26.2 Å². The Labute approximate surface area is 121 Å². The number of piperazine rings is 1. The third kappa shape index (κ3) is 3.81. The Morgan fingerprint density at radius 1 is 1.10 bits per heavy atom. The van der Waals surface area contributed by atoms with Gasteiger partial charge >= 0.3 is 0 Å². The van der Waals surface area contributed by atoms with E-state index in [9.17, 15) is 9.90 Å². The van der Waals surface area contributed by atoms with Crippen molar-refractivity contribution in [2.75, 3.05) is 32.7 Å². The zero-order valence-electron chi connectivity index (χ0n) is 12.6. The molecule has 110 valence electrons. The SMILES string of the molecule is CC(C)(C)N1CCN(CC(=O)c2ccc(O)cc2)CC1. The minimum absolute atomic E-state index is 0.120. The van der Waals surface area contributed by atoms with Crippen LogP contribution in [0.4, 0.5) is 0 Å². The molecule has 1 N–H and O–H groups in total. The van der Waals surface area contributed by atoms with Gasteiger partial charge < -0.3 is 5.11 Å². The molecule has 0 saturated carbocycles. The van der Waals surface area contributed by atoms with E-state index in [4.69, 9.17) is 0 Å². The molecule has 0 bridgehead atoms. The van der Waals surface area contributed by atoms with E-state index < -0.39 is 0 Å². The van der Waals surface area contributed by atoms with Gasteiger partial charge in [-0.25, -0.2) is 0 Å². The van der Waals surface area contributed by atoms with Gasteiger partial charge in [-0.05, 0) is 45.0 Å². The summed E-state index contributed by atoms with van der Waals surface area (Å²) in [5.74, 6) is 0.314. The quantitative estimate of drug-likeness (QED) is 0.858. The number of phenols is 1. The van der Waals surface area contributed by atoms with Crippen molar-refractivity contribution in [1.29, 1.82) is 0 Å². The zero-order valence-corrected chi connectivity index (χ0v) is 12.6. The molecule has 4 heteroatoms. The summed E-state index contributed by atoms with van der Waals surface area (Å²) in [5, 5.41) is 9.24. The van der Waals surface area contributed by atoms with Crippen molar-refractivity contribution in [3.05, 3.63) is 29.8 Å². The van der Waals surface area contributed by atoms with E-state index in [1.165, 1.54) is 0 Å². The van der Waals surface area contributed by atoms with Crippen LogP contribution in [-0.4, -0.2) is 59.0 Å². The van der Waals surface area contributed by atoms with Crippen molar-refractivity contribution in [2.45, 2.75) is 26.3 Å². The molecule has 0 amide bonds. The normalized spacial score (nSPS) is 18.1. The van der Waals surface area contributed by atoms with Gasteiger partial charge in [0.15, 0.2) is 5.78 Å².